The fraction of sp³-hybridized carbons (Fsp3) is 0. The fourth-order valence-corrected chi connectivity index (χ4v) is 0. The van der Waals surface area contributed by atoms with Crippen molar-refractivity contribution >= 4 is 19.1 Å². The van der Waals surface area contributed by atoms with E-state index in [4.69, 9.17) is 0 Å². The first-order valence-electron chi connectivity index (χ1n) is 0.239. The Kier molecular flexibility index (Phi) is 48.0. The van der Waals surface area contributed by atoms with E-state index in [-0.39, 0.29) is 0 Å². The molecular weight excluding hydrogens is 284 g/mol. The number of halogens is 2. The molecule has 0 aliphatic rings. The monoisotopic (exact) mass is 282 g/mol. The van der Waals surface area contributed by atoms with E-state index in [1.54, 1.807) is 0 Å². The van der Waals surface area contributed by atoms with Crippen molar-refractivity contribution in [1.29, 1.82) is 0 Å². The fourth-order valence-electron chi connectivity index (χ4n) is 0. The van der Waals surface area contributed by atoms with Crippen LogP contribution in [0.1, 0.15) is 0 Å². The van der Waals surface area contributed by atoms with Crippen LogP contribution in [-0.2, 0) is 36.4 Å². The van der Waals surface area contributed by atoms with Crippen molar-refractivity contribution in [3.05, 3.63) is 0 Å². The van der Waals surface area contributed by atoms with E-state index in [2.05, 4.69) is 55.4 Å². The second-order valence-electron chi connectivity index (χ2n) is 0. The van der Waals surface area contributed by atoms with Gasteiger partial charge in [-0.15, -0.1) is 0 Å². The minimum atomic E-state index is 2.22. The van der Waals surface area contributed by atoms with Crippen LogP contribution in [0.2, 0.25) is 0 Å². The average molecular weight is 284 g/mol. The first-order valence-corrected chi connectivity index (χ1v) is 4.24. The molecule has 0 aromatic rings. The van der Waals surface area contributed by atoms with Crippen LogP contribution < -0.4 is 0 Å². The van der Waals surface area contributed by atoms with Gasteiger partial charge in [0.05, 0.1) is 0 Å². The molecule has 0 spiro atoms. The zero-order chi connectivity index (χ0) is 4.00. The van der Waals surface area contributed by atoms with Gasteiger partial charge in [-0.05, 0) is 0 Å². The predicted molar refractivity (Wildman–Crippen MR) is 11.7 cm³/mol. The molecule has 0 fully saturated rings. The molecule has 0 rings (SSSR count). The summed E-state index contributed by atoms with van der Waals surface area (Å²) in [6, 6.07) is 0. The Bertz CT molecular complexity index is 4.00. The molecule has 4 heteroatoms. The van der Waals surface area contributed by atoms with Gasteiger partial charge in [0.1, 0.15) is 0 Å². The maximum absolute atomic E-state index is 4.49. The Morgan fingerprint density at radius 2 is 0.750 bits per heavy atom. The molecule has 34 valence electrons. The summed E-state index contributed by atoms with van der Waals surface area (Å²) < 4.78 is 0. The molecule has 0 aromatic carbocycles. The van der Waals surface area contributed by atoms with Crippen molar-refractivity contribution < 1.29 is 36.4 Å². The van der Waals surface area contributed by atoms with Gasteiger partial charge in [-0.25, -0.2) is 0 Å². The van der Waals surface area contributed by atoms with Crippen LogP contribution in [-0.4, -0.2) is 0 Å². The number of hydrogen-bond donors (Lipinski definition) is 0. The van der Waals surface area contributed by atoms with Gasteiger partial charge in [0.2, 0.25) is 0 Å². The van der Waals surface area contributed by atoms with Gasteiger partial charge >= 0.3 is 55.4 Å². The van der Waals surface area contributed by atoms with E-state index in [0.29, 0.717) is 0 Å². The normalized spacial score (nSPS) is 3.50. The Balaban J connectivity index is 0. The zero-order valence-electron chi connectivity index (χ0n) is 1.39. The third-order valence-corrected chi connectivity index (χ3v) is 0. The van der Waals surface area contributed by atoms with E-state index < -0.39 is 0 Å². The van der Waals surface area contributed by atoms with Gasteiger partial charge in [-0.2, -0.15) is 0 Å². The molecule has 0 saturated carbocycles. The minimum absolute atomic E-state index is 2.22. The molecule has 0 radical (unpaired) electrons. The Labute approximate surface area is 55.0 Å². The van der Waals surface area contributed by atoms with Gasteiger partial charge in [-0.1, -0.05) is 0 Å². The van der Waals surface area contributed by atoms with Crippen molar-refractivity contribution in [3.63, 3.8) is 0 Å². The molecule has 0 aromatic heterocycles. The van der Waals surface area contributed by atoms with E-state index in [1.807, 2.05) is 0 Å². The molecule has 4 heavy (non-hydrogen) atoms. The van der Waals surface area contributed by atoms with Crippen LogP contribution in [0.5, 0.6) is 0 Å². The Morgan fingerprint density at radius 1 is 0.750 bits per heavy atom. The second kappa shape index (κ2) is 20.6. The summed E-state index contributed by atoms with van der Waals surface area (Å²) in [7, 11) is 8.98. The van der Waals surface area contributed by atoms with Crippen molar-refractivity contribution in [2.75, 3.05) is 0 Å². The third-order valence-electron chi connectivity index (χ3n) is 0. The standard InChI is InChI=1S/2ClH.2Pd/h2*1H;;/q;;2*+1/p-2. The summed E-state index contributed by atoms with van der Waals surface area (Å²) in [5.74, 6) is 0. The zero-order valence-corrected chi connectivity index (χ0v) is 6.01. The molecule has 0 N–H and O–H groups in total. The van der Waals surface area contributed by atoms with Crippen molar-refractivity contribution in [3.8, 4) is 0 Å². The summed E-state index contributed by atoms with van der Waals surface area (Å²) >= 11 is 4.44. The first kappa shape index (κ1) is 9.32. The topological polar surface area (TPSA) is 0 Å². The number of rotatable bonds is 0. The van der Waals surface area contributed by atoms with Gasteiger partial charge in [-0.3, -0.25) is 0 Å². The predicted octanol–water partition coefficient (Wildman–Crippen LogP) is 1.37. The first-order chi connectivity index (χ1) is 2.00. The van der Waals surface area contributed by atoms with Gasteiger partial charge < -0.3 is 0 Å². The summed E-state index contributed by atoms with van der Waals surface area (Å²) in [6.45, 7) is 0. The van der Waals surface area contributed by atoms with Gasteiger partial charge in [0.15, 0.2) is 0 Å². The van der Waals surface area contributed by atoms with Crippen molar-refractivity contribution in [1.82, 2.24) is 0 Å². The summed E-state index contributed by atoms with van der Waals surface area (Å²) in [4.78, 5) is 0. The maximum atomic E-state index is 4.49. The molecule has 0 bridgehead atoms. The molecular formula is Cl2Pd2. The van der Waals surface area contributed by atoms with E-state index in [1.165, 1.54) is 0 Å². The second-order valence-corrected chi connectivity index (χ2v) is 0. The van der Waals surface area contributed by atoms with Crippen LogP contribution in [0.3, 0.4) is 0 Å². The van der Waals surface area contributed by atoms with E-state index in [9.17, 15) is 0 Å². The van der Waals surface area contributed by atoms with E-state index in [0.717, 1.165) is 0 Å². The Hall–Kier alpha value is 1.90. The SMILES string of the molecule is [Cl][Pd].[Cl][Pd]. The van der Waals surface area contributed by atoms with Crippen LogP contribution >= 0.6 is 19.1 Å². The summed E-state index contributed by atoms with van der Waals surface area (Å²) in [5, 5.41) is 0. The van der Waals surface area contributed by atoms with Crippen LogP contribution in [0.15, 0.2) is 0 Å². The average Bonchev–Trinajstić information content (AvgIpc) is 1.50. The van der Waals surface area contributed by atoms with Crippen LogP contribution in [0.4, 0.5) is 0 Å². The van der Waals surface area contributed by atoms with Crippen LogP contribution in [0.25, 0.3) is 0 Å². The molecule has 0 saturated heterocycles. The van der Waals surface area contributed by atoms with Crippen LogP contribution in [0, 0.1) is 0 Å². The number of hydrogen-bond acceptors (Lipinski definition) is 0. The van der Waals surface area contributed by atoms with Gasteiger partial charge in [0, 0.05) is 0 Å². The molecule has 0 amide bonds. The van der Waals surface area contributed by atoms with Gasteiger partial charge in [0.25, 0.3) is 0 Å². The molecule has 0 aliphatic heterocycles. The molecule has 0 nitrogen and oxygen atoms in total. The Morgan fingerprint density at radius 3 is 0.750 bits per heavy atom. The summed E-state index contributed by atoms with van der Waals surface area (Å²) in [5.41, 5.74) is 0. The quantitative estimate of drug-likeness (QED) is 0.589. The van der Waals surface area contributed by atoms with Crippen molar-refractivity contribution in [2.24, 2.45) is 0 Å². The molecule has 0 unspecified atom stereocenters. The summed E-state index contributed by atoms with van der Waals surface area (Å²) in [6.07, 6.45) is 0. The molecule has 0 heterocycles. The van der Waals surface area contributed by atoms with E-state index >= 15 is 0 Å². The molecule has 0 atom stereocenters. The third kappa shape index (κ3) is 9.08. The molecule has 0 aliphatic carbocycles. The van der Waals surface area contributed by atoms with Crippen molar-refractivity contribution in [2.45, 2.75) is 0 Å².